The normalized spacial score (nSPS) is 11.2. The Morgan fingerprint density at radius 1 is 1.53 bits per heavy atom. The van der Waals surface area contributed by atoms with Crippen LogP contribution >= 0.6 is 11.3 Å². The van der Waals surface area contributed by atoms with Gasteiger partial charge in [-0.25, -0.2) is 9.78 Å². The molecule has 0 aromatic carbocycles. The van der Waals surface area contributed by atoms with Crippen molar-refractivity contribution in [3.8, 4) is 0 Å². The number of amides is 2. The highest BCUT2D eigenvalue weighted by atomic mass is 32.1. The van der Waals surface area contributed by atoms with Gasteiger partial charge in [0.05, 0.1) is 5.69 Å². The summed E-state index contributed by atoms with van der Waals surface area (Å²) in [6.45, 7) is -1.04. The number of rotatable bonds is 4. The highest BCUT2D eigenvalue weighted by molar-refractivity contribution is 7.13. The summed E-state index contributed by atoms with van der Waals surface area (Å²) < 4.78 is 36.7. The van der Waals surface area contributed by atoms with E-state index in [4.69, 9.17) is 5.11 Å². The van der Waals surface area contributed by atoms with Gasteiger partial charge < -0.3 is 10.0 Å². The summed E-state index contributed by atoms with van der Waals surface area (Å²) in [5, 5.41) is 12.3. The van der Waals surface area contributed by atoms with Crippen LogP contribution in [0.2, 0.25) is 0 Å². The van der Waals surface area contributed by atoms with Gasteiger partial charge in [-0.05, 0) is 6.92 Å². The number of hydrogen-bond acceptors (Lipinski definition) is 4. The summed E-state index contributed by atoms with van der Waals surface area (Å²) in [4.78, 5) is 26.0. The number of carboxylic acid groups (broad SMARTS) is 1. The summed E-state index contributed by atoms with van der Waals surface area (Å²) in [6, 6.07) is -1.16. The number of aromatic nitrogens is 1. The van der Waals surface area contributed by atoms with Gasteiger partial charge in [0, 0.05) is 5.38 Å². The van der Waals surface area contributed by atoms with Crippen LogP contribution in [0.3, 0.4) is 0 Å². The fourth-order valence-electron chi connectivity index (χ4n) is 1.16. The van der Waals surface area contributed by atoms with Crippen LogP contribution in [-0.2, 0) is 4.79 Å². The third-order valence-electron chi connectivity index (χ3n) is 1.82. The lowest BCUT2D eigenvalue weighted by Gasteiger charge is -2.21. The van der Waals surface area contributed by atoms with Gasteiger partial charge in [0.25, 0.3) is 0 Å². The van der Waals surface area contributed by atoms with Crippen molar-refractivity contribution >= 4 is 28.5 Å². The van der Waals surface area contributed by atoms with E-state index >= 15 is 0 Å². The zero-order valence-electron chi connectivity index (χ0n) is 9.69. The zero-order chi connectivity index (χ0) is 14.6. The van der Waals surface area contributed by atoms with Crippen molar-refractivity contribution < 1.29 is 27.9 Å². The van der Waals surface area contributed by atoms with Gasteiger partial charge in [-0.1, -0.05) is 0 Å². The topological polar surface area (TPSA) is 82.5 Å². The Bertz CT molecular complexity index is 475. The van der Waals surface area contributed by atoms with E-state index < -0.39 is 31.3 Å². The molecule has 1 aromatic heterocycles. The molecule has 2 amide bonds. The Balaban J connectivity index is 2.73. The molecule has 0 fully saturated rings. The van der Waals surface area contributed by atoms with Crippen LogP contribution in [0.5, 0.6) is 0 Å². The number of hydrogen-bond donors (Lipinski definition) is 2. The molecule has 0 radical (unpaired) electrons. The second-order valence-corrected chi connectivity index (χ2v) is 4.45. The average molecular weight is 297 g/mol. The minimum atomic E-state index is -4.68. The molecule has 0 atom stereocenters. The first-order valence-electron chi connectivity index (χ1n) is 4.94. The molecule has 0 saturated carbocycles. The molecule has 1 heterocycles. The quantitative estimate of drug-likeness (QED) is 0.889. The third-order valence-corrected chi connectivity index (χ3v) is 2.69. The van der Waals surface area contributed by atoms with E-state index in [2.05, 4.69) is 10.3 Å². The number of carboxylic acids is 1. The van der Waals surface area contributed by atoms with Crippen molar-refractivity contribution in [3.63, 3.8) is 0 Å². The number of halogens is 3. The molecule has 6 nitrogen and oxygen atoms in total. The number of carbonyl (C=O) groups is 2. The number of alkyl halides is 3. The first-order valence-corrected chi connectivity index (χ1v) is 5.82. The van der Waals surface area contributed by atoms with E-state index in [1.54, 1.807) is 12.3 Å². The Labute approximate surface area is 109 Å². The second-order valence-electron chi connectivity index (χ2n) is 3.59. The number of urea groups is 1. The lowest BCUT2D eigenvalue weighted by Crippen LogP contribution is -2.44. The van der Waals surface area contributed by atoms with Gasteiger partial charge >= 0.3 is 18.2 Å². The number of carbonyl (C=O) groups excluding carboxylic acids is 1. The van der Waals surface area contributed by atoms with E-state index in [-0.39, 0.29) is 10.0 Å². The molecule has 0 spiro atoms. The van der Waals surface area contributed by atoms with Crippen molar-refractivity contribution in [2.45, 2.75) is 13.1 Å². The van der Waals surface area contributed by atoms with Gasteiger partial charge in [0.2, 0.25) is 0 Å². The van der Waals surface area contributed by atoms with Gasteiger partial charge in [-0.15, -0.1) is 11.3 Å². The third kappa shape index (κ3) is 5.55. The fourth-order valence-corrected chi connectivity index (χ4v) is 1.84. The number of nitrogens with one attached hydrogen (secondary N) is 1. The molecular weight excluding hydrogens is 287 g/mol. The summed E-state index contributed by atoms with van der Waals surface area (Å²) >= 11 is 1.03. The van der Waals surface area contributed by atoms with E-state index in [0.717, 1.165) is 11.3 Å². The molecule has 106 valence electrons. The standard InChI is InChI=1S/C9H10F3N3O3S/c1-5-3-19-7(13-5)14-8(18)15(2-6(16)17)4-9(10,11)12/h3H,2,4H2,1H3,(H,16,17)(H,13,14,18). The summed E-state index contributed by atoms with van der Waals surface area (Å²) in [6.07, 6.45) is -4.68. The van der Waals surface area contributed by atoms with Gasteiger partial charge in [0.15, 0.2) is 5.13 Å². The molecule has 0 saturated heterocycles. The predicted molar refractivity (Wildman–Crippen MR) is 61.1 cm³/mol. The first-order chi connectivity index (χ1) is 8.67. The predicted octanol–water partition coefficient (Wildman–Crippen LogP) is 1.93. The fraction of sp³-hybridized carbons (Fsp3) is 0.444. The Morgan fingerprint density at radius 2 is 2.16 bits per heavy atom. The number of thiazole rings is 1. The van der Waals surface area contributed by atoms with Gasteiger partial charge in [-0.2, -0.15) is 13.2 Å². The Morgan fingerprint density at radius 3 is 2.58 bits per heavy atom. The van der Waals surface area contributed by atoms with E-state index in [0.29, 0.717) is 5.69 Å². The van der Waals surface area contributed by atoms with Gasteiger partial charge in [0.1, 0.15) is 13.1 Å². The Kier molecular flexibility index (Phi) is 4.70. The van der Waals surface area contributed by atoms with Crippen LogP contribution < -0.4 is 5.32 Å². The molecular formula is C9H10F3N3O3S. The first kappa shape index (κ1) is 15.2. The zero-order valence-corrected chi connectivity index (χ0v) is 10.5. The van der Waals surface area contributed by atoms with Crippen LogP contribution in [0.4, 0.5) is 23.1 Å². The summed E-state index contributed by atoms with van der Waals surface area (Å²) in [5.74, 6) is -1.53. The van der Waals surface area contributed by atoms with Crippen LogP contribution in [0.15, 0.2) is 5.38 Å². The van der Waals surface area contributed by atoms with Crippen molar-refractivity contribution in [3.05, 3.63) is 11.1 Å². The molecule has 19 heavy (non-hydrogen) atoms. The van der Waals surface area contributed by atoms with E-state index in [1.165, 1.54) is 0 Å². The maximum atomic E-state index is 12.2. The monoisotopic (exact) mass is 297 g/mol. The molecule has 0 unspecified atom stereocenters. The summed E-state index contributed by atoms with van der Waals surface area (Å²) in [5.41, 5.74) is 0.598. The highest BCUT2D eigenvalue weighted by Gasteiger charge is 2.34. The van der Waals surface area contributed by atoms with Crippen LogP contribution in [0.1, 0.15) is 5.69 Å². The number of nitrogens with zero attached hydrogens (tertiary/aromatic N) is 2. The maximum Gasteiger partial charge on any atom is 0.406 e. The molecule has 0 aliphatic carbocycles. The van der Waals surface area contributed by atoms with E-state index in [9.17, 15) is 22.8 Å². The lowest BCUT2D eigenvalue weighted by molar-refractivity contribution is -0.148. The summed E-state index contributed by atoms with van der Waals surface area (Å²) in [7, 11) is 0. The number of aryl methyl sites for hydroxylation is 1. The smallest absolute Gasteiger partial charge is 0.406 e. The molecule has 0 aliphatic rings. The van der Waals surface area contributed by atoms with Crippen molar-refractivity contribution in [1.29, 1.82) is 0 Å². The Hall–Kier alpha value is -1.84. The number of aliphatic carboxylic acids is 1. The SMILES string of the molecule is Cc1csc(NC(=O)N(CC(=O)O)CC(F)(F)F)n1. The molecule has 1 aromatic rings. The highest BCUT2D eigenvalue weighted by Crippen LogP contribution is 2.19. The van der Waals surface area contributed by atoms with Crippen LogP contribution in [0.25, 0.3) is 0 Å². The van der Waals surface area contributed by atoms with Crippen molar-refractivity contribution in [1.82, 2.24) is 9.88 Å². The minimum absolute atomic E-state index is 0.111. The van der Waals surface area contributed by atoms with Crippen LogP contribution in [-0.4, -0.2) is 46.3 Å². The molecule has 1 rings (SSSR count). The second kappa shape index (κ2) is 5.87. The van der Waals surface area contributed by atoms with Crippen LogP contribution in [0, 0.1) is 6.92 Å². The minimum Gasteiger partial charge on any atom is -0.480 e. The van der Waals surface area contributed by atoms with Crippen molar-refractivity contribution in [2.75, 3.05) is 18.4 Å². The molecule has 0 bridgehead atoms. The van der Waals surface area contributed by atoms with Crippen molar-refractivity contribution in [2.24, 2.45) is 0 Å². The molecule has 10 heteroatoms. The van der Waals surface area contributed by atoms with Gasteiger partial charge in [-0.3, -0.25) is 10.1 Å². The van der Waals surface area contributed by atoms with E-state index in [1.807, 2.05) is 0 Å². The lowest BCUT2D eigenvalue weighted by atomic mass is 10.5. The number of anilines is 1. The maximum absolute atomic E-state index is 12.2. The largest absolute Gasteiger partial charge is 0.480 e. The molecule has 0 aliphatic heterocycles. The molecule has 2 N–H and O–H groups in total. The average Bonchev–Trinajstić information content (AvgIpc) is 2.60.